The number of likely N-dealkylation sites (tertiary alicyclic amines) is 1. The van der Waals surface area contributed by atoms with Crippen LogP contribution in [0.15, 0.2) is 60.7 Å². The van der Waals surface area contributed by atoms with Crippen LogP contribution in [0.1, 0.15) is 74.1 Å². The van der Waals surface area contributed by atoms with E-state index in [0.29, 0.717) is 19.6 Å². The maximum atomic E-state index is 13.5. The molecule has 3 rings (SSSR count). The van der Waals surface area contributed by atoms with Crippen LogP contribution in [0.2, 0.25) is 5.04 Å². The number of ether oxygens (including phenoxy) is 2. The fourth-order valence-corrected chi connectivity index (χ4v) is 10.1. The fourth-order valence-electron chi connectivity index (χ4n) is 5.52. The molecule has 1 heterocycles. The van der Waals surface area contributed by atoms with Crippen molar-refractivity contribution >= 4 is 30.8 Å². The number of carbonyl (C=O) groups excluding carboxylic acids is 2. The van der Waals surface area contributed by atoms with E-state index in [1.165, 1.54) is 10.4 Å². The Morgan fingerprint density at radius 3 is 1.87 bits per heavy atom. The van der Waals surface area contributed by atoms with Crippen molar-refractivity contribution in [2.75, 3.05) is 13.2 Å². The Bertz CT molecular complexity index is 1010. The second kappa shape index (κ2) is 12.5. The quantitative estimate of drug-likeness (QED) is 0.303. The molecule has 1 amide bonds. The molecule has 1 aliphatic rings. The molecule has 2 aromatic carbocycles. The molecule has 0 saturated carbocycles. The third-order valence-electron chi connectivity index (χ3n) is 7.12. The van der Waals surface area contributed by atoms with Gasteiger partial charge < -0.3 is 13.9 Å². The number of rotatable bonds is 9. The van der Waals surface area contributed by atoms with E-state index < -0.39 is 13.9 Å². The predicted octanol–water partition coefficient (Wildman–Crippen LogP) is 5.67. The van der Waals surface area contributed by atoms with Crippen molar-refractivity contribution in [1.82, 2.24) is 4.90 Å². The van der Waals surface area contributed by atoms with Gasteiger partial charge in [0.2, 0.25) is 0 Å². The molecule has 2 atom stereocenters. The molecular formula is C31H45NO5Si. The average Bonchev–Trinajstić information content (AvgIpc) is 3.26. The molecule has 7 heteroatoms. The first kappa shape index (κ1) is 29.9. The third kappa shape index (κ3) is 7.06. The number of esters is 1. The Balaban J connectivity index is 1.94. The lowest BCUT2D eigenvalue weighted by molar-refractivity contribution is -0.143. The highest BCUT2D eigenvalue weighted by Gasteiger charge is 2.51. The summed E-state index contributed by atoms with van der Waals surface area (Å²) >= 11 is 0. The van der Waals surface area contributed by atoms with Crippen molar-refractivity contribution in [3.8, 4) is 0 Å². The molecule has 0 N–H and O–H groups in total. The van der Waals surface area contributed by atoms with Gasteiger partial charge in [-0.1, -0.05) is 81.4 Å². The average molecular weight is 540 g/mol. The van der Waals surface area contributed by atoms with E-state index in [0.717, 1.165) is 12.8 Å². The van der Waals surface area contributed by atoms with Gasteiger partial charge in [0.1, 0.15) is 5.60 Å². The van der Waals surface area contributed by atoms with Crippen molar-refractivity contribution in [1.29, 1.82) is 0 Å². The predicted molar refractivity (Wildman–Crippen MR) is 154 cm³/mol. The van der Waals surface area contributed by atoms with Crippen LogP contribution in [-0.2, 0) is 18.7 Å². The summed E-state index contributed by atoms with van der Waals surface area (Å²) in [7, 11) is -2.75. The molecule has 0 unspecified atom stereocenters. The summed E-state index contributed by atoms with van der Waals surface area (Å²) in [5.74, 6) is -0.233. The molecule has 38 heavy (non-hydrogen) atoms. The number of hydrogen-bond donors (Lipinski definition) is 0. The van der Waals surface area contributed by atoms with Crippen molar-refractivity contribution < 1.29 is 23.5 Å². The lowest BCUT2D eigenvalue weighted by Crippen LogP contribution is -2.67. The van der Waals surface area contributed by atoms with Gasteiger partial charge in [-0.2, -0.15) is 0 Å². The summed E-state index contributed by atoms with van der Waals surface area (Å²) in [5, 5.41) is 2.26. The van der Waals surface area contributed by atoms with E-state index in [1.807, 2.05) is 37.8 Å². The first-order valence-corrected chi connectivity index (χ1v) is 15.7. The molecule has 1 fully saturated rings. The summed E-state index contributed by atoms with van der Waals surface area (Å²) in [4.78, 5) is 27.4. The lowest BCUT2D eigenvalue weighted by Gasteiger charge is -2.44. The van der Waals surface area contributed by atoms with Gasteiger partial charge in [-0.15, -0.1) is 0 Å². The third-order valence-corrected chi connectivity index (χ3v) is 12.1. The van der Waals surface area contributed by atoms with Crippen LogP contribution < -0.4 is 10.4 Å². The van der Waals surface area contributed by atoms with Crippen LogP contribution in [0.4, 0.5) is 4.79 Å². The van der Waals surface area contributed by atoms with Gasteiger partial charge in [0.25, 0.3) is 8.32 Å². The summed E-state index contributed by atoms with van der Waals surface area (Å²) < 4.78 is 18.1. The van der Waals surface area contributed by atoms with Gasteiger partial charge in [-0.25, -0.2) is 4.79 Å². The highest BCUT2D eigenvalue weighted by molar-refractivity contribution is 6.99. The summed E-state index contributed by atoms with van der Waals surface area (Å²) in [6.45, 7) is 15.0. The molecule has 0 aromatic heterocycles. The van der Waals surface area contributed by atoms with Gasteiger partial charge in [0.05, 0.1) is 19.3 Å². The maximum absolute atomic E-state index is 13.5. The van der Waals surface area contributed by atoms with Crippen molar-refractivity contribution in [3.63, 3.8) is 0 Å². The van der Waals surface area contributed by atoms with Crippen molar-refractivity contribution in [2.24, 2.45) is 0 Å². The highest BCUT2D eigenvalue weighted by atomic mass is 28.4. The zero-order chi connectivity index (χ0) is 28.0. The van der Waals surface area contributed by atoms with Crippen LogP contribution in [0, 0.1) is 0 Å². The number of hydrogen-bond acceptors (Lipinski definition) is 5. The maximum Gasteiger partial charge on any atom is 0.410 e. The fraction of sp³-hybridized carbons (Fsp3) is 0.548. The first-order chi connectivity index (χ1) is 17.9. The molecule has 0 bridgehead atoms. The number of amides is 1. The zero-order valence-electron chi connectivity index (χ0n) is 24.2. The molecule has 1 aliphatic heterocycles. The molecule has 1 saturated heterocycles. The largest absolute Gasteiger partial charge is 0.466 e. The van der Waals surface area contributed by atoms with Crippen molar-refractivity contribution in [3.05, 3.63) is 60.7 Å². The van der Waals surface area contributed by atoms with Gasteiger partial charge in [-0.3, -0.25) is 9.69 Å². The monoisotopic (exact) mass is 539 g/mol. The van der Waals surface area contributed by atoms with E-state index in [2.05, 4.69) is 69.3 Å². The van der Waals surface area contributed by atoms with Crippen LogP contribution in [0.3, 0.4) is 0 Å². The van der Waals surface area contributed by atoms with E-state index in [4.69, 9.17) is 13.9 Å². The van der Waals surface area contributed by atoms with E-state index in [1.54, 1.807) is 6.92 Å². The smallest absolute Gasteiger partial charge is 0.410 e. The Morgan fingerprint density at radius 1 is 0.868 bits per heavy atom. The van der Waals surface area contributed by atoms with Crippen LogP contribution in [0.25, 0.3) is 0 Å². The molecule has 6 nitrogen and oxygen atoms in total. The molecule has 2 aromatic rings. The number of carbonyl (C=O) groups is 2. The van der Waals surface area contributed by atoms with Gasteiger partial charge >= 0.3 is 12.1 Å². The molecular weight excluding hydrogens is 494 g/mol. The minimum Gasteiger partial charge on any atom is -0.466 e. The Labute approximate surface area is 229 Å². The van der Waals surface area contributed by atoms with Crippen LogP contribution >= 0.6 is 0 Å². The zero-order valence-corrected chi connectivity index (χ0v) is 25.2. The lowest BCUT2D eigenvalue weighted by atomic mass is 10.1. The number of benzene rings is 2. The first-order valence-electron chi connectivity index (χ1n) is 13.8. The molecule has 0 aliphatic carbocycles. The second-order valence-electron chi connectivity index (χ2n) is 12.1. The van der Waals surface area contributed by atoms with Crippen LogP contribution in [-0.4, -0.2) is 56.2 Å². The second-order valence-corrected chi connectivity index (χ2v) is 16.4. The number of nitrogens with zero attached hydrogens (tertiary/aromatic N) is 1. The van der Waals surface area contributed by atoms with Gasteiger partial charge in [-0.05, 0) is 62.4 Å². The van der Waals surface area contributed by atoms with E-state index in [-0.39, 0.29) is 35.6 Å². The summed E-state index contributed by atoms with van der Waals surface area (Å²) in [6.07, 6.45) is 2.08. The highest BCUT2D eigenvalue weighted by Crippen LogP contribution is 2.38. The topological polar surface area (TPSA) is 65.1 Å². The molecule has 0 spiro atoms. The standard InChI is InChI=1S/C31H45NO5Si/c1-8-35-28(33)22-21-24-19-20-25(32(24)29(34)37-30(2,3)4)23-36-38(31(5,6)7,26-15-11-9-12-16-26)27-17-13-10-14-18-27/h9-18,24-25H,8,19-23H2,1-7H3/t24-,25-/m0/s1. The SMILES string of the molecule is CCOC(=O)CC[C@@H]1CC[C@@H](CO[Si](c2ccccc2)(c2ccccc2)C(C)(C)C)N1C(=O)OC(C)(C)C. The van der Waals surface area contributed by atoms with Crippen molar-refractivity contribution in [2.45, 2.75) is 96.9 Å². The Hall–Kier alpha value is -2.64. The van der Waals surface area contributed by atoms with E-state index >= 15 is 0 Å². The molecule has 0 radical (unpaired) electrons. The summed E-state index contributed by atoms with van der Waals surface area (Å²) in [5.41, 5.74) is -0.616. The molecule has 208 valence electrons. The van der Waals surface area contributed by atoms with Crippen LogP contribution in [0.5, 0.6) is 0 Å². The summed E-state index contributed by atoms with van der Waals surface area (Å²) in [6, 6.07) is 20.8. The van der Waals surface area contributed by atoms with Gasteiger partial charge in [0.15, 0.2) is 0 Å². The normalized spacial score (nSPS) is 18.3. The van der Waals surface area contributed by atoms with Gasteiger partial charge in [0, 0.05) is 12.5 Å². The van der Waals surface area contributed by atoms with E-state index in [9.17, 15) is 9.59 Å². The minimum atomic E-state index is -2.75. The minimum absolute atomic E-state index is 0.0954. The Kier molecular flexibility index (Phi) is 9.82. The Morgan fingerprint density at radius 2 is 1.39 bits per heavy atom.